The largest absolute Gasteiger partial charge is 0.367 e. The van der Waals surface area contributed by atoms with Gasteiger partial charge in [-0.25, -0.2) is 9.48 Å². The second-order valence-electron chi connectivity index (χ2n) is 5.21. The van der Waals surface area contributed by atoms with E-state index in [4.69, 9.17) is 4.84 Å². The standard InChI is InChI=1S/C17H10N4O4/c22-15-13-3-1-2-4-14(13)16(23)21(15)25-17(24)11-9-19-20(10-11)12-5-7-18-8-6-12/h1-10H. The summed E-state index contributed by atoms with van der Waals surface area (Å²) < 4.78 is 1.46. The molecule has 8 nitrogen and oxygen atoms in total. The lowest BCUT2D eigenvalue weighted by Crippen LogP contribution is -2.32. The zero-order valence-corrected chi connectivity index (χ0v) is 12.7. The van der Waals surface area contributed by atoms with Crippen LogP contribution in [0.1, 0.15) is 31.1 Å². The molecule has 8 heteroatoms. The molecule has 0 spiro atoms. The highest BCUT2D eigenvalue weighted by Gasteiger charge is 2.38. The van der Waals surface area contributed by atoms with Crippen molar-refractivity contribution in [2.45, 2.75) is 0 Å². The first-order valence-corrected chi connectivity index (χ1v) is 7.30. The molecule has 2 amide bonds. The lowest BCUT2D eigenvalue weighted by Gasteiger charge is -2.11. The number of hydrogen-bond donors (Lipinski definition) is 0. The Morgan fingerprint density at radius 3 is 2.24 bits per heavy atom. The van der Waals surface area contributed by atoms with Gasteiger partial charge in [0.1, 0.15) is 5.56 Å². The predicted octanol–water partition coefficient (Wildman–Crippen LogP) is 1.64. The van der Waals surface area contributed by atoms with Gasteiger partial charge in [0.05, 0.1) is 23.0 Å². The van der Waals surface area contributed by atoms with Crippen LogP contribution in [-0.2, 0) is 4.84 Å². The van der Waals surface area contributed by atoms with Crippen LogP contribution in [0, 0.1) is 0 Å². The molecule has 25 heavy (non-hydrogen) atoms. The maximum atomic E-state index is 12.3. The van der Waals surface area contributed by atoms with Gasteiger partial charge in [0.2, 0.25) is 0 Å². The number of amides is 2. The maximum Gasteiger partial charge on any atom is 0.367 e. The number of carbonyl (C=O) groups is 3. The van der Waals surface area contributed by atoms with Gasteiger partial charge < -0.3 is 4.84 Å². The van der Waals surface area contributed by atoms with Gasteiger partial charge in [0.15, 0.2) is 0 Å². The summed E-state index contributed by atoms with van der Waals surface area (Å²) in [5.41, 5.74) is 1.21. The number of fused-ring (bicyclic) bond motifs is 1. The van der Waals surface area contributed by atoms with Gasteiger partial charge in [-0.1, -0.05) is 17.2 Å². The van der Waals surface area contributed by atoms with Crippen LogP contribution in [0.5, 0.6) is 0 Å². The Morgan fingerprint density at radius 2 is 1.60 bits per heavy atom. The van der Waals surface area contributed by atoms with Crippen LogP contribution >= 0.6 is 0 Å². The lowest BCUT2D eigenvalue weighted by atomic mass is 10.1. The molecule has 0 aliphatic carbocycles. The normalized spacial score (nSPS) is 13.0. The van der Waals surface area contributed by atoms with Crippen molar-refractivity contribution in [3.05, 3.63) is 77.9 Å². The summed E-state index contributed by atoms with van der Waals surface area (Å²) in [6, 6.07) is 9.70. The summed E-state index contributed by atoms with van der Waals surface area (Å²) in [5, 5.41) is 4.53. The molecule has 1 aliphatic rings. The highest BCUT2D eigenvalue weighted by Crippen LogP contribution is 2.23. The zero-order valence-electron chi connectivity index (χ0n) is 12.7. The van der Waals surface area contributed by atoms with Crippen molar-refractivity contribution < 1.29 is 19.2 Å². The van der Waals surface area contributed by atoms with Crippen molar-refractivity contribution in [2.24, 2.45) is 0 Å². The molecular weight excluding hydrogens is 324 g/mol. The number of imide groups is 1. The van der Waals surface area contributed by atoms with Gasteiger partial charge in [0, 0.05) is 18.6 Å². The Bertz CT molecular complexity index is 962. The van der Waals surface area contributed by atoms with Crippen LogP contribution in [-0.4, -0.2) is 37.6 Å². The third-order valence-electron chi connectivity index (χ3n) is 3.68. The summed E-state index contributed by atoms with van der Waals surface area (Å²) in [6.07, 6.45) is 5.92. The number of benzene rings is 1. The molecule has 3 aromatic rings. The Kier molecular flexibility index (Phi) is 3.35. The number of aromatic nitrogens is 3. The number of hydroxylamine groups is 2. The first-order valence-electron chi connectivity index (χ1n) is 7.30. The van der Waals surface area contributed by atoms with E-state index in [1.54, 1.807) is 36.7 Å². The molecule has 0 unspecified atom stereocenters. The van der Waals surface area contributed by atoms with Gasteiger partial charge in [-0.2, -0.15) is 5.10 Å². The van der Waals surface area contributed by atoms with E-state index >= 15 is 0 Å². The molecule has 1 aromatic carbocycles. The van der Waals surface area contributed by atoms with E-state index < -0.39 is 17.8 Å². The molecule has 0 saturated carbocycles. The van der Waals surface area contributed by atoms with Crippen molar-refractivity contribution >= 4 is 17.8 Å². The summed E-state index contributed by atoms with van der Waals surface area (Å²) in [5.74, 6) is -2.19. The minimum absolute atomic E-state index is 0.105. The average molecular weight is 334 g/mol. The molecule has 3 heterocycles. The third kappa shape index (κ3) is 2.45. The second-order valence-corrected chi connectivity index (χ2v) is 5.21. The highest BCUT2D eigenvalue weighted by atomic mass is 16.7. The molecule has 0 fully saturated rings. The van der Waals surface area contributed by atoms with Crippen LogP contribution < -0.4 is 0 Å². The fourth-order valence-electron chi connectivity index (χ4n) is 2.45. The van der Waals surface area contributed by atoms with Crippen LogP contribution in [0.15, 0.2) is 61.2 Å². The molecule has 0 N–H and O–H groups in total. The first kappa shape index (κ1) is 14.8. The van der Waals surface area contributed by atoms with E-state index in [1.165, 1.54) is 29.2 Å². The van der Waals surface area contributed by atoms with Crippen molar-refractivity contribution in [1.82, 2.24) is 19.8 Å². The number of hydrogen-bond acceptors (Lipinski definition) is 6. The minimum atomic E-state index is -0.852. The topological polar surface area (TPSA) is 94.4 Å². The Balaban J connectivity index is 1.55. The second kappa shape index (κ2) is 5.68. The van der Waals surface area contributed by atoms with Crippen molar-refractivity contribution in [3.8, 4) is 5.69 Å². The molecule has 0 saturated heterocycles. The average Bonchev–Trinajstić information content (AvgIpc) is 3.23. The molecular formula is C17H10N4O4. The predicted molar refractivity (Wildman–Crippen MR) is 83.7 cm³/mol. The zero-order chi connectivity index (χ0) is 17.4. The van der Waals surface area contributed by atoms with E-state index in [2.05, 4.69) is 10.1 Å². The quantitative estimate of drug-likeness (QED) is 0.676. The molecule has 2 aromatic heterocycles. The smallest absolute Gasteiger partial charge is 0.324 e. The van der Waals surface area contributed by atoms with Crippen LogP contribution in [0.4, 0.5) is 0 Å². The van der Waals surface area contributed by atoms with Gasteiger partial charge in [0.25, 0.3) is 11.8 Å². The monoisotopic (exact) mass is 334 g/mol. The van der Waals surface area contributed by atoms with Gasteiger partial charge in [-0.15, -0.1) is 0 Å². The summed E-state index contributed by atoms with van der Waals surface area (Å²) in [6.45, 7) is 0. The minimum Gasteiger partial charge on any atom is -0.324 e. The third-order valence-corrected chi connectivity index (χ3v) is 3.68. The number of nitrogens with zero attached hydrogens (tertiary/aromatic N) is 4. The Morgan fingerprint density at radius 1 is 0.960 bits per heavy atom. The Labute approximate surface area is 141 Å². The fraction of sp³-hybridized carbons (Fsp3) is 0. The summed E-state index contributed by atoms with van der Waals surface area (Å²) >= 11 is 0. The highest BCUT2D eigenvalue weighted by molar-refractivity contribution is 6.21. The van der Waals surface area contributed by atoms with Crippen molar-refractivity contribution in [2.75, 3.05) is 0 Å². The molecule has 0 radical (unpaired) electrons. The van der Waals surface area contributed by atoms with Crippen molar-refractivity contribution in [3.63, 3.8) is 0 Å². The van der Waals surface area contributed by atoms with Gasteiger partial charge in [-0.3, -0.25) is 14.6 Å². The molecule has 0 bridgehead atoms. The molecule has 122 valence electrons. The van der Waals surface area contributed by atoms with Crippen LogP contribution in [0.3, 0.4) is 0 Å². The summed E-state index contributed by atoms with van der Waals surface area (Å²) in [7, 11) is 0. The number of pyridine rings is 1. The Hall–Kier alpha value is -3.81. The maximum absolute atomic E-state index is 12.3. The van der Waals surface area contributed by atoms with Crippen LogP contribution in [0.25, 0.3) is 5.69 Å². The van der Waals surface area contributed by atoms with E-state index in [0.29, 0.717) is 10.8 Å². The molecule has 0 atom stereocenters. The van der Waals surface area contributed by atoms with E-state index in [9.17, 15) is 14.4 Å². The molecule has 4 rings (SSSR count). The molecule has 1 aliphatic heterocycles. The fourth-order valence-corrected chi connectivity index (χ4v) is 2.45. The van der Waals surface area contributed by atoms with Gasteiger partial charge >= 0.3 is 5.97 Å². The van der Waals surface area contributed by atoms with E-state index in [-0.39, 0.29) is 16.7 Å². The van der Waals surface area contributed by atoms with Crippen molar-refractivity contribution in [1.29, 1.82) is 0 Å². The number of carbonyl (C=O) groups excluding carboxylic acids is 3. The van der Waals surface area contributed by atoms with E-state index in [1.807, 2.05) is 0 Å². The SMILES string of the molecule is O=C(ON1C(=O)c2ccccc2C1=O)c1cnn(-c2ccncc2)c1. The number of rotatable bonds is 3. The summed E-state index contributed by atoms with van der Waals surface area (Å²) in [4.78, 5) is 45.5. The van der Waals surface area contributed by atoms with Gasteiger partial charge in [-0.05, 0) is 24.3 Å². The van der Waals surface area contributed by atoms with E-state index in [0.717, 1.165) is 0 Å². The van der Waals surface area contributed by atoms with Crippen LogP contribution in [0.2, 0.25) is 0 Å². The first-order chi connectivity index (χ1) is 12.1. The lowest BCUT2D eigenvalue weighted by molar-refractivity contribution is -0.0584.